The number of carbonyl (C=O) groups excluding carboxylic acids is 1. The Morgan fingerprint density at radius 2 is 2.08 bits per heavy atom. The number of hydrogen-bond acceptors (Lipinski definition) is 4. The molecule has 0 aliphatic carbocycles. The van der Waals surface area contributed by atoms with E-state index < -0.39 is 5.91 Å². The van der Waals surface area contributed by atoms with Crippen molar-refractivity contribution in [3.63, 3.8) is 0 Å². The van der Waals surface area contributed by atoms with Gasteiger partial charge >= 0.3 is 0 Å². The third kappa shape index (κ3) is 5.77. The van der Waals surface area contributed by atoms with Crippen LogP contribution < -0.4 is 14.9 Å². The first-order valence-corrected chi connectivity index (χ1v) is 9.35. The van der Waals surface area contributed by atoms with Crippen LogP contribution in [0.5, 0.6) is 11.5 Å². The summed E-state index contributed by atoms with van der Waals surface area (Å²) in [5.41, 5.74) is 3.78. The van der Waals surface area contributed by atoms with E-state index >= 15 is 0 Å². The molecule has 2 aromatic rings. The van der Waals surface area contributed by atoms with Gasteiger partial charge in [-0.3, -0.25) is 4.79 Å². The molecule has 0 aliphatic rings. The minimum absolute atomic E-state index is 0.162. The number of hydrazone groups is 1. The Kier molecular flexibility index (Phi) is 8.03. The number of carbonyl (C=O) groups is 1. The highest BCUT2D eigenvalue weighted by Gasteiger charge is 2.12. The van der Waals surface area contributed by atoms with Crippen LogP contribution in [0.3, 0.4) is 0 Å². The van der Waals surface area contributed by atoms with Crippen LogP contribution in [-0.4, -0.2) is 25.1 Å². The van der Waals surface area contributed by atoms with Crippen molar-refractivity contribution >= 4 is 62.9 Å². The summed E-state index contributed by atoms with van der Waals surface area (Å²) in [6.45, 7) is 0.240. The SMILES string of the molecule is COc1cc(/C=N\NC(=O)CCl)cc(Br)c1OCc1ccc(Cl)cc1Cl. The van der Waals surface area contributed by atoms with Crippen molar-refractivity contribution in [3.8, 4) is 11.5 Å². The van der Waals surface area contributed by atoms with Gasteiger partial charge < -0.3 is 9.47 Å². The third-order valence-electron chi connectivity index (χ3n) is 3.16. The molecule has 1 N–H and O–H groups in total. The van der Waals surface area contributed by atoms with Gasteiger partial charge in [0.25, 0.3) is 5.91 Å². The van der Waals surface area contributed by atoms with Gasteiger partial charge in [0.2, 0.25) is 0 Å². The van der Waals surface area contributed by atoms with Crippen molar-refractivity contribution in [3.05, 3.63) is 56.0 Å². The summed E-state index contributed by atoms with van der Waals surface area (Å²) in [5, 5.41) is 4.89. The molecule has 0 saturated heterocycles. The molecule has 0 saturated carbocycles. The minimum Gasteiger partial charge on any atom is -0.493 e. The quantitative estimate of drug-likeness (QED) is 0.343. The van der Waals surface area contributed by atoms with Gasteiger partial charge in [0, 0.05) is 15.6 Å². The molecule has 0 aromatic heterocycles. The fourth-order valence-corrected chi connectivity index (χ4v) is 3.05. The minimum atomic E-state index is -0.395. The summed E-state index contributed by atoms with van der Waals surface area (Å²) in [7, 11) is 1.53. The van der Waals surface area contributed by atoms with E-state index in [0.29, 0.717) is 31.6 Å². The van der Waals surface area contributed by atoms with Crippen LogP contribution in [0.1, 0.15) is 11.1 Å². The lowest BCUT2D eigenvalue weighted by Gasteiger charge is -2.14. The molecule has 2 rings (SSSR count). The number of halogens is 4. The predicted molar refractivity (Wildman–Crippen MR) is 108 cm³/mol. The number of amides is 1. The standard InChI is InChI=1S/C17H14BrCl3N2O3/c1-25-15-5-10(8-22-23-16(24)7-19)4-13(18)17(15)26-9-11-2-3-12(20)6-14(11)21/h2-6,8H,7,9H2,1H3,(H,23,24)/b22-8-. The van der Waals surface area contributed by atoms with Gasteiger partial charge in [-0.15, -0.1) is 11.6 Å². The molecule has 1 amide bonds. The first-order chi connectivity index (χ1) is 12.4. The summed E-state index contributed by atoms with van der Waals surface area (Å²) in [6.07, 6.45) is 1.47. The number of ether oxygens (including phenoxy) is 2. The lowest BCUT2D eigenvalue weighted by molar-refractivity contribution is -0.118. The second-order valence-electron chi connectivity index (χ2n) is 4.99. The first-order valence-electron chi connectivity index (χ1n) is 7.26. The predicted octanol–water partition coefficient (Wildman–Crippen LogP) is 5.03. The van der Waals surface area contributed by atoms with E-state index in [-0.39, 0.29) is 12.5 Å². The molecule has 0 spiro atoms. The number of rotatable bonds is 7. The lowest BCUT2D eigenvalue weighted by Crippen LogP contribution is -2.18. The van der Waals surface area contributed by atoms with Crippen LogP contribution in [-0.2, 0) is 11.4 Å². The maximum atomic E-state index is 11.1. The van der Waals surface area contributed by atoms with E-state index in [2.05, 4.69) is 26.5 Å². The number of methoxy groups -OCH3 is 1. The second-order valence-corrected chi connectivity index (χ2v) is 6.95. The summed E-state index contributed by atoms with van der Waals surface area (Å²) < 4.78 is 11.9. The van der Waals surface area contributed by atoms with E-state index in [0.717, 1.165) is 5.56 Å². The Labute approximate surface area is 174 Å². The average Bonchev–Trinajstić information content (AvgIpc) is 2.61. The fourth-order valence-electron chi connectivity index (χ4n) is 1.95. The van der Waals surface area contributed by atoms with E-state index in [1.54, 1.807) is 30.3 Å². The van der Waals surface area contributed by atoms with Crippen molar-refractivity contribution in [2.45, 2.75) is 6.61 Å². The molecule has 0 aliphatic heterocycles. The Morgan fingerprint density at radius 3 is 2.73 bits per heavy atom. The van der Waals surface area contributed by atoms with Crippen LogP contribution in [0, 0.1) is 0 Å². The smallest absolute Gasteiger partial charge is 0.254 e. The number of benzene rings is 2. The molecule has 2 aromatic carbocycles. The summed E-state index contributed by atoms with van der Waals surface area (Å²) in [6, 6.07) is 8.69. The van der Waals surface area contributed by atoms with Crippen molar-refractivity contribution in [1.29, 1.82) is 0 Å². The molecular formula is C17H14BrCl3N2O3. The van der Waals surface area contributed by atoms with E-state index in [1.165, 1.54) is 13.3 Å². The van der Waals surface area contributed by atoms with E-state index in [9.17, 15) is 4.79 Å². The van der Waals surface area contributed by atoms with Crippen LogP contribution in [0.15, 0.2) is 39.9 Å². The molecule has 5 nitrogen and oxygen atoms in total. The highest BCUT2D eigenvalue weighted by Crippen LogP contribution is 2.37. The Balaban J connectivity index is 2.17. The topological polar surface area (TPSA) is 59.9 Å². The molecule has 0 radical (unpaired) electrons. The largest absolute Gasteiger partial charge is 0.493 e. The summed E-state index contributed by atoms with van der Waals surface area (Å²) >= 11 is 20.9. The normalized spacial score (nSPS) is 10.8. The molecule has 138 valence electrons. The molecule has 0 atom stereocenters. The van der Waals surface area contributed by atoms with Crippen LogP contribution in [0.4, 0.5) is 0 Å². The average molecular weight is 481 g/mol. The third-order valence-corrected chi connectivity index (χ3v) is 4.58. The van der Waals surface area contributed by atoms with E-state index in [4.69, 9.17) is 44.3 Å². The maximum Gasteiger partial charge on any atom is 0.254 e. The molecular weight excluding hydrogens is 466 g/mol. The van der Waals surface area contributed by atoms with Gasteiger partial charge in [0.15, 0.2) is 11.5 Å². The van der Waals surface area contributed by atoms with Crippen molar-refractivity contribution in [2.75, 3.05) is 13.0 Å². The monoisotopic (exact) mass is 478 g/mol. The van der Waals surface area contributed by atoms with E-state index in [1.807, 2.05) is 0 Å². The number of hydrogen-bond donors (Lipinski definition) is 1. The van der Waals surface area contributed by atoms with Gasteiger partial charge in [-0.05, 0) is 45.8 Å². The number of alkyl halides is 1. The number of nitrogens with one attached hydrogen (secondary N) is 1. The molecule has 0 bridgehead atoms. The Hall–Kier alpha value is -1.47. The highest BCUT2D eigenvalue weighted by molar-refractivity contribution is 9.10. The molecule has 0 heterocycles. The first kappa shape index (κ1) is 20.8. The summed E-state index contributed by atoms with van der Waals surface area (Å²) in [4.78, 5) is 11.1. The zero-order valence-corrected chi connectivity index (χ0v) is 17.4. The Morgan fingerprint density at radius 1 is 1.31 bits per heavy atom. The van der Waals surface area contributed by atoms with Gasteiger partial charge in [-0.1, -0.05) is 29.3 Å². The summed E-state index contributed by atoms with van der Waals surface area (Å²) in [5.74, 6) is 0.452. The van der Waals surface area contributed by atoms with Gasteiger partial charge in [-0.25, -0.2) is 5.43 Å². The molecule has 26 heavy (non-hydrogen) atoms. The van der Waals surface area contributed by atoms with Gasteiger partial charge in [0.1, 0.15) is 12.5 Å². The number of nitrogens with zero attached hydrogens (tertiary/aromatic N) is 1. The Bertz CT molecular complexity index is 831. The molecule has 0 unspecified atom stereocenters. The molecule has 9 heteroatoms. The zero-order chi connectivity index (χ0) is 19.1. The van der Waals surface area contributed by atoms with Crippen LogP contribution in [0.25, 0.3) is 0 Å². The van der Waals surface area contributed by atoms with Crippen LogP contribution in [0.2, 0.25) is 10.0 Å². The van der Waals surface area contributed by atoms with Gasteiger partial charge in [0.05, 0.1) is 17.8 Å². The second kappa shape index (κ2) is 10.0. The zero-order valence-electron chi connectivity index (χ0n) is 13.6. The van der Waals surface area contributed by atoms with Crippen molar-refractivity contribution in [1.82, 2.24) is 5.43 Å². The lowest BCUT2D eigenvalue weighted by atomic mass is 10.2. The van der Waals surface area contributed by atoms with Gasteiger partial charge in [-0.2, -0.15) is 5.10 Å². The maximum absolute atomic E-state index is 11.1. The molecule has 0 fully saturated rings. The fraction of sp³-hybridized carbons (Fsp3) is 0.176. The highest BCUT2D eigenvalue weighted by atomic mass is 79.9. The van der Waals surface area contributed by atoms with Crippen LogP contribution >= 0.6 is 50.7 Å². The van der Waals surface area contributed by atoms with Crippen molar-refractivity contribution < 1.29 is 14.3 Å². The van der Waals surface area contributed by atoms with Crippen molar-refractivity contribution in [2.24, 2.45) is 5.10 Å².